The maximum absolute atomic E-state index is 5.44. The summed E-state index contributed by atoms with van der Waals surface area (Å²) in [5.74, 6) is 0.784. The molecule has 0 atom stereocenters. The highest BCUT2D eigenvalue weighted by Crippen LogP contribution is 2.15. The Morgan fingerprint density at radius 1 is 1.24 bits per heavy atom. The quantitative estimate of drug-likeness (QED) is 0.838. The van der Waals surface area contributed by atoms with Crippen LogP contribution in [0.3, 0.4) is 0 Å². The average molecular weight is 228 g/mol. The Morgan fingerprint density at radius 3 is 2.76 bits per heavy atom. The minimum absolute atomic E-state index is 0.715. The van der Waals surface area contributed by atoms with E-state index in [1.165, 1.54) is 11.1 Å². The second-order valence-corrected chi connectivity index (χ2v) is 4.39. The summed E-state index contributed by atoms with van der Waals surface area (Å²) >= 11 is 0. The summed E-state index contributed by atoms with van der Waals surface area (Å²) in [4.78, 5) is 4.31. The van der Waals surface area contributed by atoms with Crippen LogP contribution in [-0.4, -0.2) is 32.1 Å². The Morgan fingerprint density at radius 2 is 2.12 bits per heavy atom. The fourth-order valence-corrected chi connectivity index (χ4v) is 2.18. The third kappa shape index (κ3) is 2.39. The lowest BCUT2D eigenvalue weighted by Crippen LogP contribution is -2.04. The van der Waals surface area contributed by atoms with Gasteiger partial charge in [-0.05, 0) is 30.7 Å². The van der Waals surface area contributed by atoms with Crippen LogP contribution in [0.25, 0.3) is 6.08 Å². The molecule has 2 aliphatic rings. The second-order valence-electron chi connectivity index (χ2n) is 4.39. The van der Waals surface area contributed by atoms with Crippen LogP contribution in [0.1, 0.15) is 17.5 Å². The molecule has 0 bridgehead atoms. The van der Waals surface area contributed by atoms with Crippen LogP contribution >= 0.6 is 0 Å². The summed E-state index contributed by atoms with van der Waals surface area (Å²) in [5, 5.41) is 3.34. The van der Waals surface area contributed by atoms with Crippen LogP contribution in [-0.2, 0) is 4.74 Å². The monoisotopic (exact) mass is 228 g/mol. The van der Waals surface area contributed by atoms with Crippen LogP contribution in [0.4, 0.5) is 0 Å². The molecule has 1 saturated heterocycles. The van der Waals surface area contributed by atoms with Gasteiger partial charge < -0.3 is 10.1 Å². The van der Waals surface area contributed by atoms with Crippen LogP contribution in [0.15, 0.2) is 34.8 Å². The molecule has 2 aliphatic heterocycles. The van der Waals surface area contributed by atoms with E-state index in [4.69, 9.17) is 4.74 Å². The van der Waals surface area contributed by atoms with Gasteiger partial charge in [-0.25, -0.2) is 4.99 Å². The zero-order valence-corrected chi connectivity index (χ0v) is 9.78. The number of rotatable bonds is 2. The number of aliphatic imine (C=N–C) groups is 1. The van der Waals surface area contributed by atoms with Crippen molar-refractivity contribution in [2.45, 2.75) is 6.42 Å². The Labute approximate surface area is 101 Å². The first kappa shape index (κ1) is 10.5. The highest BCUT2D eigenvalue weighted by molar-refractivity contribution is 5.95. The Balaban J connectivity index is 1.77. The van der Waals surface area contributed by atoms with E-state index in [9.17, 15) is 0 Å². The van der Waals surface area contributed by atoms with Crippen molar-refractivity contribution in [2.75, 3.05) is 26.2 Å². The van der Waals surface area contributed by atoms with Crippen LogP contribution in [0.5, 0.6) is 0 Å². The number of hydrogen-bond donors (Lipinski definition) is 1. The van der Waals surface area contributed by atoms with Gasteiger partial charge in [0.2, 0.25) is 5.90 Å². The van der Waals surface area contributed by atoms with E-state index >= 15 is 0 Å². The van der Waals surface area contributed by atoms with E-state index < -0.39 is 0 Å². The average Bonchev–Trinajstić information content (AvgIpc) is 3.01. The van der Waals surface area contributed by atoms with Crippen LogP contribution < -0.4 is 5.32 Å². The number of nitrogens with one attached hydrogen (secondary N) is 1. The fourth-order valence-electron chi connectivity index (χ4n) is 2.18. The molecule has 0 aliphatic carbocycles. The molecule has 3 heteroatoms. The summed E-state index contributed by atoms with van der Waals surface area (Å²) in [6, 6.07) is 8.42. The van der Waals surface area contributed by atoms with Crippen LogP contribution in [0.2, 0.25) is 0 Å². The molecule has 1 fully saturated rings. The maximum atomic E-state index is 5.44. The van der Waals surface area contributed by atoms with E-state index in [-0.39, 0.29) is 0 Å². The number of ether oxygens (including phenoxy) is 1. The summed E-state index contributed by atoms with van der Waals surface area (Å²) in [5.41, 5.74) is 3.81. The Hall–Kier alpha value is -1.61. The van der Waals surface area contributed by atoms with E-state index in [2.05, 4.69) is 40.7 Å². The van der Waals surface area contributed by atoms with Gasteiger partial charge in [-0.1, -0.05) is 23.8 Å². The number of benzene rings is 1. The molecule has 0 spiro atoms. The van der Waals surface area contributed by atoms with Gasteiger partial charge in [-0.3, -0.25) is 0 Å². The van der Waals surface area contributed by atoms with Gasteiger partial charge in [0, 0.05) is 12.1 Å². The molecule has 1 aromatic rings. The summed E-state index contributed by atoms with van der Waals surface area (Å²) in [6.07, 6.45) is 3.43. The van der Waals surface area contributed by atoms with Gasteiger partial charge >= 0.3 is 0 Å². The molecule has 88 valence electrons. The minimum Gasteiger partial charge on any atom is -0.476 e. The molecule has 1 aromatic carbocycles. The molecule has 3 rings (SSSR count). The predicted molar refractivity (Wildman–Crippen MR) is 69.3 cm³/mol. The van der Waals surface area contributed by atoms with Gasteiger partial charge in [0.25, 0.3) is 0 Å². The third-order valence-electron chi connectivity index (χ3n) is 3.09. The zero-order chi connectivity index (χ0) is 11.5. The lowest BCUT2D eigenvalue weighted by molar-refractivity contribution is 0.348. The van der Waals surface area contributed by atoms with Crippen molar-refractivity contribution in [2.24, 2.45) is 4.99 Å². The molecule has 2 heterocycles. The standard InChI is InChI=1S/C14H16N2O/c1-3-13(14-16-7-8-17-14)4-2-11(1)9-12-5-6-15-10-12/h1-4,9,15H,5-8,10H2/b12-9-. The van der Waals surface area contributed by atoms with Crippen molar-refractivity contribution in [1.82, 2.24) is 5.32 Å². The first-order valence-electron chi connectivity index (χ1n) is 6.10. The number of hydrogen-bond acceptors (Lipinski definition) is 3. The predicted octanol–water partition coefficient (Wildman–Crippen LogP) is 1.84. The Bertz CT molecular complexity index is 452. The largest absolute Gasteiger partial charge is 0.476 e. The SMILES string of the molecule is C(=C1\CCNC1)/c1ccc(C2=NCCO2)cc1. The van der Waals surface area contributed by atoms with Gasteiger partial charge in [0.05, 0.1) is 6.54 Å². The minimum atomic E-state index is 0.715. The molecule has 0 unspecified atom stereocenters. The van der Waals surface area contributed by atoms with E-state index in [0.29, 0.717) is 6.61 Å². The first-order chi connectivity index (χ1) is 8.42. The van der Waals surface area contributed by atoms with Crippen molar-refractivity contribution >= 4 is 12.0 Å². The van der Waals surface area contributed by atoms with Crippen molar-refractivity contribution in [3.05, 3.63) is 41.0 Å². The third-order valence-corrected chi connectivity index (χ3v) is 3.09. The summed E-state index contributed by atoms with van der Waals surface area (Å²) in [7, 11) is 0. The lowest BCUT2D eigenvalue weighted by Gasteiger charge is -2.02. The summed E-state index contributed by atoms with van der Waals surface area (Å²) in [6.45, 7) is 3.63. The van der Waals surface area contributed by atoms with Gasteiger partial charge in [-0.2, -0.15) is 0 Å². The fraction of sp³-hybridized carbons (Fsp3) is 0.357. The van der Waals surface area contributed by atoms with Crippen molar-refractivity contribution < 1.29 is 4.74 Å². The first-order valence-corrected chi connectivity index (χ1v) is 6.10. The topological polar surface area (TPSA) is 33.6 Å². The van der Waals surface area contributed by atoms with Gasteiger partial charge in [0.1, 0.15) is 6.61 Å². The summed E-state index contributed by atoms with van der Waals surface area (Å²) < 4.78 is 5.44. The molecule has 0 aromatic heterocycles. The molecular weight excluding hydrogens is 212 g/mol. The second kappa shape index (κ2) is 4.72. The highest BCUT2D eigenvalue weighted by Gasteiger charge is 2.10. The molecular formula is C14H16N2O. The Kier molecular flexibility index (Phi) is 2.92. The molecule has 0 saturated carbocycles. The molecule has 0 radical (unpaired) electrons. The van der Waals surface area contributed by atoms with E-state index in [1.54, 1.807) is 0 Å². The zero-order valence-electron chi connectivity index (χ0n) is 9.78. The maximum Gasteiger partial charge on any atom is 0.216 e. The van der Waals surface area contributed by atoms with Crippen LogP contribution in [0, 0.1) is 0 Å². The van der Waals surface area contributed by atoms with E-state index in [0.717, 1.165) is 37.5 Å². The van der Waals surface area contributed by atoms with Crippen molar-refractivity contribution in [3.8, 4) is 0 Å². The van der Waals surface area contributed by atoms with E-state index in [1.807, 2.05) is 0 Å². The smallest absolute Gasteiger partial charge is 0.216 e. The molecule has 17 heavy (non-hydrogen) atoms. The highest BCUT2D eigenvalue weighted by atomic mass is 16.5. The van der Waals surface area contributed by atoms with Gasteiger partial charge in [0.15, 0.2) is 0 Å². The molecule has 3 nitrogen and oxygen atoms in total. The van der Waals surface area contributed by atoms with Crippen molar-refractivity contribution in [3.63, 3.8) is 0 Å². The van der Waals surface area contributed by atoms with Gasteiger partial charge in [-0.15, -0.1) is 0 Å². The lowest BCUT2D eigenvalue weighted by atomic mass is 10.1. The number of nitrogens with zero attached hydrogens (tertiary/aromatic N) is 1. The van der Waals surface area contributed by atoms with Crippen molar-refractivity contribution in [1.29, 1.82) is 0 Å². The molecule has 0 amide bonds. The molecule has 1 N–H and O–H groups in total. The normalized spacial score (nSPS) is 21.6.